The van der Waals surface area contributed by atoms with E-state index in [0.29, 0.717) is 29.1 Å². The highest BCUT2D eigenvalue weighted by molar-refractivity contribution is 5.32. The highest BCUT2D eigenvalue weighted by Crippen LogP contribution is 2.89. The van der Waals surface area contributed by atoms with Gasteiger partial charge in [0.15, 0.2) is 6.29 Å². The lowest BCUT2D eigenvalue weighted by atomic mass is 9.41. The van der Waals surface area contributed by atoms with Crippen LogP contribution < -0.4 is 0 Å². The van der Waals surface area contributed by atoms with Gasteiger partial charge in [-0.2, -0.15) is 0 Å². The summed E-state index contributed by atoms with van der Waals surface area (Å²) in [6, 6.07) is 0. The van der Waals surface area contributed by atoms with Gasteiger partial charge in [-0.3, -0.25) is 0 Å². The van der Waals surface area contributed by atoms with Crippen molar-refractivity contribution in [1.82, 2.24) is 0 Å². The van der Waals surface area contributed by atoms with Crippen molar-refractivity contribution in [2.45, 2.75) is 111 Å². The molecular formula is C27H44O4. The number of aliphatic hydroxyl groups excluding tert-OH is 2. The summed E-state index contributed by atoms with van der Waals surface area (Å²) in [5.74, 6) is 1.96. The predicted molar refractivity (Wildman–Crippen MR) is 119 cm³/mol. The average Bonchev–Trinajstić information content (AvgIpc) is 3.28. The van der Waals surface area contributed by atoms with Gasteiger partial charge in [-0.15, -0.1) is 0 Å². The zero-order chi connectivity index (χ0) is 22.2. The average molecular weight is 433 g/mol. The normalized spacial score (nSPS) is 63.9. The van der Waals surface area contributed by atoms with E-state index in [0.717, 1.165) is 32.1 Å². The van der Waals surface area contributed by atoms with Crippen LogP contribution in [0.3, 0.4) is 0 Å². The molecule has 2 N–H and O–H groups in total. The second kappa shape index (κ2) is 6.09. The van der Waals surface area contributed by atoms with Gasteiger partial charge in [-0.1, -0.05) is 34.6 Å². The molecule has 4 nitrogen and oxygen atoms in total. The summed E-state index contributed by atoms with van der Waals surface area (Å²) < 4.78 is 12.2. The number of rotatable bonds is 1. The van der Waals surface area contributed by atoms with E-state index in [9.17, 15) is 10.2 Å². The van der Waals surface area contributed by atoms with Crippen molar-refractivity contribution in [1.29, 1.82) is 0 Å². The minimum Gasteiger partial charge on any atom is -0.393 e. The van der Waals surface area contributed by atoms with Crippen molar-refractivity contribution in [3.63, 3.8) is 0 Å². The number of hydrogen-bond donors (Lipinski definition) is 2. The first-order chi connectivity index (χ1) is 14.5. The molecular weight excluding hydrogens is 388 g/mol. The third-order valence-corrected chi connectivity index (χ3v) is 12.9. The minimum absolute atomic E-state index is 0.0777. The summed E-state index contributed by atoms with van der Waals surface area (Å²) in [5.41, 5.74) is 0.846. The van der Waals surface area contributed by atoms with Crippen molar-refractivity contribution in [2.24, 2.45) is 50.7 Å². The lowest BCUT2D eigenvalue weighted by molar-refractivity contribution is -0.220. The number of aliphatic hydroxyl groups is 2. The molecule has 0 aromatic heterocycles. The van der Waals surface area contributed by atoms with Gasteiger partial charge in [0, 0.05) is 13.5 Å². The fraction of sp³-hybridized carbons (Fsp3) is 1.00. The Balaban J connectivity index is 1.41. The number of hydrogen-bond acceptors (Lipinski definition) is 4. The zero-order valence-electron chi connectivity index (χ0n) is 20.5. The monoisotopic (exact) mass is 432 g/mol. The van der Waals surface area contributed by atoms with Crippen LogP contribution in [0.15, 0.2) is 0 Å². The van der Waals surface area contributed by atoms with Gasteiger partial charge in [-0.05, 0) is 95.7 Å². The lowest BCUT2D eigenvalue weighted by Crippen LogP contribution is -2.61. The second-order valence-electron chi connectivity index (χ2n) is 13.8. The highest BCUT2D eigenvalue weighted by atomic mass is 16.7. The van der Waals surface area contributed by atoms with Crippen molar-refractivity contribution in [2.75, 3.05) is 7.11 Å². The molecule has 0 amide bonds. The van der Waals surface area contributed by atoms with E-state index >= 15 is 0 Å². The molecule has 6 fully saturated rings. The SMILES string of the molecule is CO[C@H]1C[C@@H](C)[C@H]2[C@H](C[C@@]3(C)[C@@H]4[C@@H](O)C[C@H]5C(C)(C)[C@@H](O)CC[C@@]56C[C@@]46CC[C@]23C)O1. The molecule has 1 saturated heterocycles. The first kappa shape index (κ1) is 21.4. The van der Waals surface area contributed by atoms with Crippen LogP contribution in [0.1, 0.15) is 86.0 Å². The van der Waals surface area contributed by atoms with Gasteiger partial charge in [0.1, 0.15) is 0 Å². The maximum absolute atomic E-state index is 11.8. The van der Waals surface area contributed by atoms with Crippen molar-refractivity contribution >= 4 is 0 Å². The summed E-state index contributed by atoms with van der Waals surface area (Å²) >= 11 is 0. The standard InChI is InChI=1S/C27H44O4/c1-15-11-20(30-6)31-17-13-25(5)22-16(28)12-18-23(2,3)19(29)7-8-26(18)14-27(22,26)10-9-24(25,4)21(15)17/h15-22,28-29H,7-14H2,1-6H3/t15-,16+,17+,18+,19+,20-,21+,22+,24-,25+,26-,27+/m1/s1. The van der Waals surface area contributed by atoms with Gasteiger partial charge in [-0.25, -0.2) is 0 Å². The Morgan fingerprint density at radius 3 is 2.39 bits per heavy atom. The third kappa shape index (κ3) is 2.23. The van der Waals surface area contributed by atoms with Crippen LogP contribution in [0.2, 0.25) is 0 Å². The molecule has 0 radical (unpaired) electrons. The molecule has 4 heteroatoms. The summed E-state index contributed by atoms with van der Waals surface area (Å²) in [6.07, 6.45) is 8.49. The number of ether oxygens (including phenoxy) is 2. The quantitative estimate of drug-likeness (QED) is 0.627. The molecule has 5 aliphatic carbocycles. The molecule has 6 aliphatic rings. The predicted octanol–water partition coefficient (Wildman–Crippen LogP) is 4.76. The first-order valence-electron chi connectivity index (χ1n) is 13.0. The van der Waals surface area contributed by atoms with Crippen LogP contribution in [0.4, 0.5) is 0 Å². The van der Waals surface area contributed by atoms with Gasteiger partial charge < -0.3 is 19.7 Å². The van der Waals surface area contributed by atoms with Crippen LogP contribution in [0.5, 0.6) is 0 Å². The topological polar surface area (TPSA) is 58.9 Å². The fourth-order valence-corrected chi connectivity index (χ4v) is 11.4. The van der Waals surface area contributed by atoms with Gasteiger partial charge in [0.25, 0.3) is 0 Å². The molecule has 2 spiro atoms. The summed E-state index contributed by atoms with van der Waals surface area (Å²) in [5, 5.41) is 22.7. The molecule has 6 rings (SSSR count). The Morgan fingerprint density at radius 2 is 1.68 bits per heavy atom. The number of fused-ring (bicyclic) bond motifs is 4. The molecule has 5 saturated carbocycles. The van der Waals surface area contributed by atoms with Crippen LogP contribution in [0, 0.1) is 50.7 Å². The van der Waals surface area contributed by atoms with Crippen LogP contribution in [-0.2, 0) is 9.47 Å². The molecule has 176 valence electrons. The molecule has 1 heterocycles. The molecule has 0 bridgehead atoms. The maximum atomic E-state index is 11.8. The van der Waals surface area contributed by atoms with Crippen molar-refractivity contribution < 1.29 is 19.7 Å². The minimum atomic E-state index is -0.261. The number of methoxy groups -OCH3 is 1. The maximum Gasteiger partial charge on any atom is 0.157 e. The Hall–Kier alpha value is -0.160. The van der Waals surface area contributed by atoms with Gasteiger partial charge >= 0.3 is 0 Å². The Labute approximate surface area is 188 Å². The molecule has 31 heavy (non-hydrogen) atoms. The largest absolute Gasteiger partial charge is 0.393 e. The van der Waals surface area contributed by atoms with E-state index in [4.69, 9.17) is 9.47 Å². The first-order valence-corrected chi connectivity index (χ1v) is 13.0. The second-order valence-corrected chi connectivity index (χ2v) is 13.8. The van der Waals surface area contributed by atoms with E-state index in [1.54, 1.807) is 7.11 Å². The molecule has 12 atom stereocenters. The Kier molecular flexibility index (Phi) is 4.20. The zero-order valence-corrected chi connectivity index (χ0v) is 20.5. The fourth-order valence-electron chi connectivity index (χ4n) is 11.4. The van der Waals surface area contributed by atoms with E-state index in [1.807, 2.05) is 0 Å². The highest BCUT2D eigenvalue weighted by Gasteiger charge is 2.84. The Morgan fingerprint density at radius 1 is 0.935 bits per heavy atom. The molecule has 0 aromatic rings. The summed E-state index contributed by atoms with van der Waals surface area (Å²) in [4.78, 5) is 0. The smallest absolute Gasteiger partial charge is 0.157 e. The van der Waals surface area contributed by atoms with Crippen LogP contribution in [0.25, 0.3) is 0 Å². The Bertz CT molecular complexity index is 781. The molecule has 1 aliphatic heterocycles. The summed E-state index contributed by atoms with van der Waals surface area (Å²) in [6.45, 7) is 12.0. The van der Waals surface area contributed by atoms with E-state index < -0.39 is 0 Å². The van der Waals surface area contributed by atoms with Crippen molar-refractivity contribution in [3.8, 4) is 0 Å². The molecule has 0 aromatic carbocycles. The molecule has 0 unspecified atom stereocenters. The van der Waals surface area contributed by atoms with Crippen LogP contribution in [-0.4, -0.2) is 41.9 Å². The van der Waals surface area contributed by atoms with E-state index in [2.05, 4.69) is 34.6 Å². The van der Waals surface area contributed by atoms with Gasteiger partial charge in [0.05, 0.1) is 18.3 Å². The van der Waals surface area contributed by atoms with Gasteiger partial charge in [0.2, 0.25) is 0 Å². The lowest BCUT2D eigenvalue weighted by Gasteiger charge is -2.64. The van der Waals surface area contributed by atoms with E-state index in [-0.39, 0.29) is 46.3 Å². The van der Waals surface area contributed by atoms with Crippen molar-refractivity contribution in [3.05, 3.63) is 0 Å². The van der Waals surface area contributed by atoms with Crippen LogP contribution >= 0.6 is 0 Å². The third-order valence-electron chi connectivity index (χ3n) is 12.9. The summed E-state index contributed by atoms with van der Waals surface area (Å²) in [7, 11) is 1.77. The van der Waals surface area contributed by atoms with E-state index in [1.165, 1.54) is 19.3 Å².